The Balaban J connectivity index is 2.81. The van der Waals surface area contributed by atoms with Crippen LogP contribution < -0.4 is 0 Å². The van der Waals surface area contributed by atoms with Crippen LogP contribution in [0.15, 0.2) is 0 Å². The molecule has 0 aromatic heterocycles. The number of rotatable bonds is 7. The highest BCUT2D eigenvalue weighted by molar-refractivity contribution is 7.86. The summed E-state index contributed by atoms with van der Waals surface area (Å²) in [5.74, 6) is -1.12. The Morgan fingerprint density at radius 2 is 1.65 bits per heavy atom. The van der Waals surface area contributed by atoms with Gasteiger partial charge in [0.2, 0.25) is 0 Å². The first-order chi connectivity index (χ1) is 9.34. The second-order valence-electron chi connectivity index (χ2n) is 5.35. The Bertz CT molecular complexity index is 403. The average Bonchev–Trinajstić information content (AvgIpc) is 2.62. The summed E-state index contributed by atoms with van der Waals surface area (Å²) in [6, 6.07) is 0. The maximum Gasteiger partial charge on any atom is 0.318 e. The number of carboxylic acid groups (broad SMARTS) is 1. The zero-order valence-corrected chi connectivity index (χ0v) is 13.1. The van der Waals surface area contributed by atoms with E-state index in [9.17, 15) is 13.2 Å². The number of hydrogen-bond acceptors (Lipinski definition) is 4. The van der Waals surface area contributed by atoms with Crippen molar-refractivity contribution in [3.63, 3.8) is 0 Å². The molecule has 1 heterocycles. The number of hydrogen-bond donors (Lipinski definition) is 1. The monoisotopic (exact) mass is 307 g/mol. The molecule has 1 fully saturated rings. The fourth-order valence-corrected chi connectivity index (χ4v) is 3.81. The van der Waals surface area contributed by atoms with Gasteiger partial charge in [-0.05, 0) is 26.9 Å². The minimum atomic E-state index is -3.68. The molecule has 118 valence electrons. The SMILES string of the molecule is CN(C)CCN(CC(=O)O)S(=O)(=O)N1CCCCCC1. The summed E-state index contributed by atoms with van der Waals surface area (Å²) in [7, 11) is -0.0173. The van der Waals surface area contributed by atoms with Gasteiger partial charge in [0.05, 0.1) is 0 Å². The molecule has 0 aromatic rings. The van der Waals surface area contributed by atoms with Gasteiger partial charge in [0.1, 0.15) is 6.54 Å². The molecule has 0 unspecified atom stereocenters. The first kappa shape index (κ1) is 17.4. The molecule has 0 atom stereocenters. The molecule has 0 aromatic carbocycles. The molecular weight excluding hydrogens is 282 g/mol. The van der Waals surface area contributed by atoms with Crippen molar-refractivity contribution in [3.8, 4) is 0 Å². The van der Waals surface area contributed by atoms with Gasteiger partial charge < -0.3 is 10.0 Å². The molecule has 0 aliphatic carbocycles. The average molecular weight is 307 g/mol. The van der Waals surface area contributed by atoms with Gasteiger partial charge in [-0.3, -0.25) is 4.79 Å². The van der Waals surface area contributed by atoms with E-state index in [-0.39, 0.29) is 6.54 Å². The zero-order chi connectivity index (χ0) is 15.2. The quantitative estimate of drug-likeness (QED) is 0.719. The van der Waals surface area contributed by atoms with Crippen LogP contribution in [0.3, 0.4) is 0 Å². The predicted octanol–water partition coefficient (Wildman–Crippen LogP) is 0.0554. The van der Waals surface area contributed by atoms with Gasteiger partial charge >= 0.3 is 5.97 Å². The highest BCUT2D eigenvalue weighted by Gasteiger charge is 2.31. The maximum atomic E-state index is 12.6. The van der Waals surface area contributed by atoms with Crippen molar-refractivity contribution >= 4 is 16.2 Å². The van der Waals surface area contributed by atoms with Crippen LogP contribution in [0.25, 0.3) is 0 Å². The molecule has 0 amide bonds. The lowest BCUT2D eigenvalue weighted by atomic mass is 10.2. The van der Waals surface area contributed by atoms with Crippen LogP contribution in [0, 0.1) is 0 Å². The Morgan fingerprint density at radius 1 is 1.10 bits per heavy atom. The van der Waals surface area contributed by atoms with E-state index in [1.165, 1.54) is 4.31 Å². The molecule has 7 nitrogen and oxygen atoms in total. The summed E-state index contributed by atoms with van der Waals surface area (Å²) < 4.78 is 27.6. The summed E-state index contributed by atoms with van der Waals surface area (Å²) in [6.07, 6.45) is 3.74. The second kappa shape index (κ2) is 7.92. The second-order valence-corrected chi connectivity index (χ2v) is 7.28. The minimum Gasteiger partial charge on any atom is -0.480 e. The Kier molecular flexibility index (Phi) is 6.87. The molecule has 8 heteroatoms. The van der Waals surface area contributed by atoms with E-state index in [4.69, 9.17) is 5.11 Å². The van der Waals surface area contributed by atoms with Gasteiger partial charge in [-0.15, -0.1) is 0 Å². The molecule has 0 bridgehead atoms. The van der Waals surface area contributed by atoms with Gasteiger partial charge in [-0.25, -0.2) is 0 Å². The largest absolute Gasteiger partial charge is 0.480 e. The van der Waals surface area contributed by atoms with Crippen molar-refractivity contribution in [2.45, 2.75) is 25.7 Å². The van der Waals surface area contributed by atoms with E-state index < -0.39 is 22.7 Å². The van der Waals surface area contributed by atoms with Crippen molar-refractivity contribution in [1.82, 2.24) is 13.5 Å². The Morgan fingerprint density at radius 3 is 2.10 bits per heavy atom. The molecule has 1 rings (SSSR count). The Labute approximate surface area is 121 Å². The van der Waals surface area contributed by atoms with E-state index in [2.05, 4.69) is 0 Å². The lowest BCUT2D eigenvalue weighted by Gasteiger charge is -2.28. The van der Waals surface area contributed by atoms with E-state index in [1.807, 2.05) is 19.0 Å². The normalized spacial score (nSPS) is 18.4. The van der Waals surface area contributed by atoms with Crippen LogP contribution in [-0.4, -0.2) is 79.8 Å². The van der Waals surface area contributed by atoms with Crippen molar-refractivity contribution in [1.29, 1.82) is 0 Å². The minimum absolute atomic E-state index is 0.193. The highest BCUT2D eigenvalue weighted by atomic mass is 32.2. The van der Waals surface area contributed by atoms with Crippen LogP contribution in [0.4, 0.5) is 0 Å². The molecule has 1 aliphatic heterocycles. The zero-order valence-electron chi connectivity index (χ0n) is 12.3. The van der Waals surface area contributed by atoms with Gasteiger partial charge in [0, 0.05) is 26.2 Å². The lowest BCUT2D eigenvalue weighted by Crippen LogP contribution is -2.48. The smallest absolute Gasteiger partial charge is 0.318 e. The molecular formula is C12H25N3O4S. The molecule has 0 saturated carbocycles. The fraction of sp³-hybridized carbons (Fsp3) is 0.917. The van der Waals surface area contributed by atoms with Gasteiger partial charge in [0.15, 0.2) is 0 Å². The summed E-state index contributed by atoms with van der Waals surface area (Å²) in [5, 5.41) is 8.93. The molecule has 20 heavy (non-hydrogen) atoms. The number of likely N-dealkylation sites (N-methyl/N-ethyl adjacent to an activating group) is 1. The number of carbonyl (C=O) groups is 1. The molecule has 1 N–H and O–H groups in total. The lowest BCUT2D eigenvalue weighted by molar-refractivity contribution is -0.137. The first-order valence-corrected chi connectivity index (χ1v) is 8.35. The van der Waals surface area contributed by atoms with Gasteiger partial charge in [-0.2, -0.15) is 17.0 Å². The van der Waals surface area contributed by atoms with Crippen molar-refractivity contribution in [2.75, 3.05) is 46.8 Å². The standard InChI is InChI=1S/C12H25N3O4S/c1-13(2)9-10-15(11-12(16)17)20(18,19)14-7-5-3-4-6-8-14/h3-11H2,1-2H3,(H,16,17). The number of carboxylic acids is 1. The molecule has 1 aliphatic rings. The van der Waals surface area contributed by atoms with Crippen LogP contribution in [-0.2, 0) is 15.0 Å². The summed E-state index contributed by atoms with van der Waals surface area (Å²) in [6.45, 7) is 1.19. The topological polar surface area (TPSA) is 81.2 Å². The third-order valence-corrected chi connectivity index (χ3v) is 5.31. The number of aliphatic carboxylic acids is 1. The van der Waals surface area contributed by atoms with Gasteiger partial charge in [-0.1, -0.05) is 12.8 Å². The van der Waals surface area contributed by atoms with Gasteiger partial charge in [0.25, 0.3) is 10.2 Å². The van der Waals surface area contributed by atoms with Crippen LogP contribution in [0.1, 0.15) is 25.7 Å². The first-order valence-electron chi connectivity index (χ1n) is 6.96. The van der Waals surface area contributed by atoms with Crippen molar-refractivity contribution in [3.05, 3.63) is 0 Å². The molecule has 0 spiro atoms. The van der Waals surface area contributed by atoms with Crippen LogP contribution >= 0.6 is 0 Å². The highest BCUT2D eigenvalue weighted by Crippen LogP contribution is 2.16. The summed E-state index contributed by atoms with van der Waals surface area (Å²) in [5.41, 5.74) is 0. The van der Waals surface area contributed by atoms with E-state index in [0.717, 1.165) is 30.0 Å². The summed E-state index contributed by atoms with van der Waals surface area (Å²) >= 11 is 0. The van der Waals surface area contributed by atoms with Crippen molar-refractivity contribution < 1.29 is 18.3 Å². The van der Waals surface area contributed by atoms with Crippen LogP contribution in [0.2, 0.25) is 0 Å². The third kappa shape index (κ3) is 5.35. The fourth-order valence-electron chi connectivity index (χ4n) is 2.17. The van der Waals surface area contributed by atoms with Crippen LogP contribution in [0.5, 0.6) is 0 Å². The molecule has 0 radical (unpaired) electrons. The van der Waals surface area contributed by atoms with E-state index in [0.29, 0.717) is 19.6 Å². The van der Waals surface area contributed by atoms with E-state index in [1.54, 1.807) is 0 Å². The third-order valence-electron chi connectivity index (χ3n) is 3.33. The number of nitrogens with zero attached hydrogens (tertiary/aromatic N) is 3. The van der Waals surface area contributed by atoms with Crippen molar-refractivity contribution in [2.24, 2.45) is 0 Å². The predicted molar refractivity (Wildman–Crippen MR) is 76.7 cm³/mol. The van der Waals surface area contributed by atoms with E-state index >= 15 is 0 Å². The molecule has 1 saturated heterocycles. The Hall–Kier alpha value is -0.700. The maximum absolute atomic E-state index is 12.6. The summed E-state index contributed by atoms with van der Waals surface area (Å²) in [4.78, 5) is 12.8.